The first kappa shape index (κ1) is 26.3. The van der Waals surface area contributed by atoms with Crippen molar-refractivity contribution in [3.05, 3.63) is 0 Å². The summed E-state index contributed by atoms with van der Waals surface area (Å²) in [4.78, 5) is 44.7. The number of morpholine rings is 1. The molecule has 3 amide bonds. The van der Waals surface area contributed by atoms with Crippen molar-refractivity contribution < 1.29 is 29.0 Å². The number of likely N-dealkylation sites (tertiary alicyclic amines) is 1. The second-order valence-electron chi connectivity index (χ2n) is 10.9. The summed E-state index contributed by atoms with van der Waals surface area (Å²) in [5.41, 5.74) is -1.80. The van der Waals surface area contributed by atoms with E-state index in [1.54, 1.807) is 11.9 Å². The van der Waals surface area contributed by atoms with Crippen LogP contribution in [0.1, 0.15) is 46.5 Å². The molecule has 3 N–H and O–H groups in total. The van der Waals surface area contributed by atoms with Crippen LogP contribution < -0.4 is 10.6 Å². The molecule has 4 rings (SSSR count). The summed E-state index contributed by atoms with van der Waals surface area (Å²) in [6.45, 7) is 9.96. The molecule has 10 nitrogen and oxygen atoms in total. The third-order valence-corrected chi connectivity index (χ3v) is 8.57. The van der Waals surface area contributed by atoms with Gasteiger partial charge in [-0.15, -0.1) is 0 Å². The molecule has 0 aromatic heterocycles. The van der Waals surface area contributed by atoms with Crippen LogP contribution in [0.25, 0.3) is 0 Å². The number of hydrogen-bond acceptors (Lipinski definition) is 7. The zero-order chi connectivity index (χ0) is 25.4. The monoisotopic (exact) mass is 494 g/mol. The number of hydrogen-bond donors (Lipinski definition) is 3. The topological polar surface area (TPSA) is 120 Å². The van der Waals surface area contributed by atoms with Gasteiger partial charge in [-0.2, -0.15) is 0 Å². The summed E-state index contributed by atoms with van der Waals surface area (Å²) >= 11 is 0. The smallest absolute Gasteiger partial charge is 0.245 e. The molecule has 4 heterocycles. The maximum Gasteiger partial charge on any atom is 0.245 e. The van der Waals surface area contributed by atoms with Crippen molar-refractivity contribution in [1.82, 2.24) is 20.4 Å². The quantitative estimate of drug-likeness (QED) is 0.383. The molecule has 0 aliphatic carbocycles. The lowest BCUT2D eigenvalue weighted by Gasteiger charge is -2.38. The highest BCUT2D eigenvalue weighted by Gasteiger charge is 2.79. The average Bonchev–Trinajstić information content (AvgIpc) is 3.46. The molecule has 4 aliphatic heterocycles. The Labute approximate surface area is 208 Å². The summed E-state index contributed by atoms with van der Waals surface area (Å²) in [6, 6.07) is -1.38. The average molecular weight is 495 g/mol. The Kier molecular flexibility index (Phi) is 7.76. The Bertz CT molecular complexity index is 818. The van der Waals surface area contributed by atoms with Gasteiger partial charge in [-0.3, -0.25) is 19.3 Å². The van der Waals surface area contributed by atoms with Crippen molar-refractivity contribution in [3.8, 4) is 0 Å². The highest BCUT2D eigenvalue weighted by Crippen LogP contribution is 2.64. The van der Waals surface area contributed by atoms with Crippen molar-refractivity contribution in [2.24, 2.45) is 17.8 Å². The first-order valence-electron chi connectivity index (χ1n) is 13.2. The fraction of sp³-hybridized carbons (Fsp3) is 0.880. The van der Waals surface area contributed by atoms with Crippen molar-refractivity contribution in [3.63, 3.8) is 0 Å². The molecule has 1 spiro atoms. The van der Waals surface area contributed by atoms with Gasteiger partial charge in [0.2, 0.25) is 17.7 Å². The van der Waals surface area contributed by atoms with Gasteiger partial charge in [0.15, 0.2) is 0 Å². The summed E-state index contributed by atoms with van der Waals surface area (Å²) in [5, 5.41) is 16.1. The zero-order valence-corrected chi connectivity index (χ0v) is 21.5. The van der Waals surface area contributed by atoms with Crippen LogP contribution in [-0.4, -0.2) is 109 Å². The molecular weight excluding hydrogens is 452 g/mol. The minimum absolute atomic E-state index is 0.218. The molecule has 4 saturated heterocycles. The molecule has 4 aliphatic rings. The van der Waals surface area contributed by atoms with Gasteiger partial charge in [0.05, 0.1) is 43.3 Å². The number of carbonyl (C=O) groups excluding carboxylic acids is 3. The van der Waals surface area contributed by atoms with Crippen LogP contribution in [0.4, 0.5) is 0 Å². The van der Waals surface area contributed by atoms with Gasteiger partial charge in [0.1, 0.15) is 11.6 Å². The third kappa shape index (κ3) is 4.36. The molecule has 0 aromatic carbocycles. The first-order chi connectivity index (χ1) is 16.7. The number of fused-ring (bicyclic) bond motifs is 1. The number of nitrogens with one attached hydrogen (secondary N) is 2. The second kappa shape index (κ2) is 10.3. The predicted molar refractivity (Wildman–Crippen MR) is 128 cm³/mol. The molecule has 35 heavy (non-hydrogen) atoms. The maximum atomic E-state index is 14.0. The van der Waals surface area contributed by atoms with Crippen LogP contribution in [0.3, 0.4) is 0 Å². The predicted octanol–water partition coefficient (Wildman–Crippen LogP) is -0.257. The largest absolute Gasteiger partial charge is 0.394 e. The summed E-state index contributed by atoms with van der Waals surface area (Å²) in [7, 11) is 1.58. The molecular formula is C25H42N4O6. The lowest BCUT2D eigenvalue weighted by Crippen LogP contribution is -2.58. The van der Waals surface area contributed by atoms with E-state index >= 15 is 0 Å². The zero-order valence-electron chi connectivity index (χ0n) is 21.5. The van der Waals surface area contributed by atoms with Crippen LogP contribution in [0.15, 0.2) is 0 Å². The Morgan fingerprint density at radius 3 is 2.51 bits per heavy atom. The Balaban J connectivity index is 1.64. The van der Waals surface area contributed by atoms with Crippen molar-refractivity contribution in [2.45, 2.75) is 69.7 Å². The molecule has 2 unspecified atom stereocenters. The van der Waals surface area contributed by atoms with Gasteiger partial charge < -0.3 is 30.1 Å². The number of aliphatic hydroxyl groups is 1. The highest BCUT2D eigenvalue weighted by molar-refractivity contribution is 5.99. The number of rotatable bonds is 10. The van der Waals surface area contributed by atoms with E-state index in [4.69, 9.17) is 9.47 Å². The van der Waals surface area contributed by atoms with Gasteiger partial charge in [-0.1, -0.05) is 20.8 Å². The number of amides is 3. The molecule has 0 radical (unpaired) electrons. The van der Waals surface area contributed by atoms with Crippen LogP contribution in [0.5, 0.6) is 0 Å². The normalized spacial score (nSPS) is 35.4. The third-order valence-electron chi connectivity index (χ3n) is 8.57. The maximum absolute atomic E-state index is 14.0. The van der Waals surface area contributed by atoms with E-state index in [0.717, 1.165) is 13.1 Å². The lowest BCUT2D eigenvalue weighted by molar-refractivity contribution is -0.151. The van der Waals surface area contributed by atoms with Gasteiger partial charge in [-0.25, -0.2) is 0 Å². The van der Waals surface area contributed by atoms with E-state index in [-0.39, 0.29) is 30.2 Å². The van der Waals surface area contributed by atoms with Crippen LogP contribution in [-0.2, 0) is 23.9 Å². The van der Waals surface area contributed by atoms with Gasteiger partial charge in [-0.05, 0) is 31.6 Å². The summed E-state index contributed by atoms with van der Waals surface area (Å²) in [5.74, 6) is -1.89. The molecule has 198 valence electrons. The lowest BCUT2D eigenvalue weighted by atomic mass is 9.65. The van der Waals surface area contributed by atoms with Crippen LogP contribution in [0, 0.1) is 17.8 Å². The summed E-state index contributed by atoms with van der Waals surface area (Å²) in [6.07, 6.45) is 2.33. The molecule has 2 bridgehead atoms. The van der Waals surface area contributed by atoms with Gasteiger partial charge in [0, 0.05) is 33.2 Å². The minimum atomic E-state index is -1.06. The fourth-order valence-electron chi connectivity index (χ4n) is 6.98. The molecule has 0 saturated carbocycles. The van der Waals surface area contributed by atoms with Gasteiger partial charge in [0.25, 0.3) is 0 Å². The standard InChI is InChI=1S/C25H42N4O6/c1-5-24-6-7-25(35-24)19(18(24)21(31)26-4)23(33)29(17(15-30)14-16(2)3)20(25)22(32)27-8-9-28-10-12-34-13-11-28/h16-20,30H,5-15H2,1-4H3,(H,26,31)(H,27,32)/t17-,18+,19+,20?,24-,25?/m1/s1. The van der Waals surface area contributed by atoms with E-state index < -0.39 is 35.1 Å². The Morgan fingerprint density at radius 1 is 1.20 bits per heavy atom. The number of carbonyl (C=O) groups is 3. The fourth-order valence-corrected chi connectivity index (χ4v) is 6.98. The van der Waals surface area contributed by atoms with Gasteiger partial charge >= 0.3 is 0 Å². The van der Waals surface area contributed by atoms with Crippen LogP contribution in [0.2, 0.25) is 0 Å². The van der Waals surface area contributed by atoms with Crippen molar-refractivity contribution in [1.29, 1.82) is 0 Å². The number of aliphatic hydroxyl groups excluding tert-OH is 1. The summed E-state index contributed by atoms with van der Waals surface area (Å²) < 4.78 is 12.1. The Morgan fingerprint density at radius 2 is 1.91 bits per heavy atom. The van der Waals surface area contributed by atoms with Crippen molar-refractivity contribution >= 4 is 17.7 Å². The van der Waals surface area contributed by atoms with E-state index in [1.165, 1.54) is 0 Å². The van der Waals surface area contributed by atoms with E-state index in [9.17, 15) is 19.5 Å². The van der Waals surface area contributed by atoms with Crippen molar-refractivity contribution in [2.75, 3.05) is 53.0 Å². The first-order valence-corrected chi connectivity index (χ1v) is 13.2. The molecule has 6 atom stereocenters. The molecule has 4 fully saturated rings. The SMILES string of the molecule is CC[C@]12CCC3(O1)C(C(=O)NCCN1CCOCC1)N([C@@H](CO)CC(C)C)C(=O)[C@@H]3[C@H]2C(=O)NC. The molecule has 10 heteroatoms. The Hall–Kier alpha value is -1.75. The second-order valence-corrected chi connectivity index (χ2v) is 10.9. The van der Waals surface area contributed by atoms with E-state index in [2.05, 4.69) is 15.5 Å². The number of nitrogens with zero attached hydrogens (tertiary/aromatic N) is 2. The minimum Gasteiger partial charge on any atom is -0.394 e. The number of ether oxygens (including phenoxy) is 2. The van der Waals surface area contributed by atoms with E-state index in [0.29, 0.717) is 52.0 Å². The molecule has 0 aromatic rings. The van der Waals surface area contributed by atoms with E-state index in [1.807, 2.05) is 20.8 Å². The van der Waals surface area contributed by atoms with Crippen LogP contribution >= 0.6 is 0 Å². The highest BCUT2D eigenvalue weighted by atomic mass is 16.5.